The van der Waals surface area contributed by atoms with Crippen LogP contribution in [0.4, 0.5) is 34.9 Å². The van der Waals surface area contributed by atoms with Gasteiger partial charge in [-0.1, -0.05) is 6.08 Å². The topological polar surface area (TPSA) is 121 Å². The Morgan fingerprint density at radius 2 is 1.80 bits per heavy atom. The average molecular weight is 611 g/mol. The molecule has 10 nitrogen and oxygen atoms in total. The molecule has 1 amide bonds. The first-order valence-electron chi connectivity index (χ1n) is 13.9. The van der Waals surface area contributed by atoms with Gasteiger partial charge in [-0.2, -0.15) is 18.4 Å². The summed E-state index contributed by atoms with van der Waals surface area (Å²) in [5.74, 6) is -1.21. The fourth-order valence-electron chi connectivity index (χ4n) is 5.49. The number of nitrogens with one attached hydrogen (secondary N) is 2. The van der Waals surface area contributed by atoms with Gasteiger partial charge < -0.3 is 20.1 Å². The fourth-order valence-corrected chi connectivity index (χ4v) is 5.49. The molecule has 2 N–H and O–H groups in total. The molecule has 4 heterocycles. The van der Waals surface area contributed by atoms with Gasteiger partial charge in [0.2, 0.25) is 11.5 Å². The van der Waals surface area contributed by atoms with E-state index in [4.69, 9.17) is 5.26 Å². The lowest BCUT2D eigenvalue weighted by Gasteiger charge is -2.44. The van der Waals surface area contributed by atoms with Crippen molar-refractivity contribution in [1.29, 1.82) is 5.26 Å². The highest BCUT2D eigenvalue weighted by Gasteiger charge is 2.36. The second-order valence-corrected chi connectivity index (χ2v) is 11.0. The van der Waals surface area contributed by atoms with Gasteiger partial charge in [0.15, 0.2) is 0 Å². The van der Waals surface area contributed by atoms with Gasteiger partial charge in [-0.25, -0.2) is 14.4 Å². The molecule has 44 heavy (non-hydrogen) atoms. The number of pyridine rings is 1. The van der Waals surface area contributed by atoms with Crippen molar-refractivity contribution in [3.05, 3.63) is 81.3 Å². The molecular weight excluding hydrogens is 580 g/mol. The lowest BCUT2D eigenvalue weighted by molar-refractivity contribution is -0.138. The molecule has 2 unspecified atom stereocenters. The first-order valence-corrected chi connectivity index (χ1v) is 13.9. The molecule has 2 atom stereocenters. The number of amides is 1. The second kappa shape index (κ2) is 12.1. The number of nitriles is 1. The average Bonchev–Trinajstić information content (AvgIpc) is 3.00. The number of carbonyl (C=O) groups is 1. The maximum atomic E-state index is 15.8. The molecule has 2 aliphatic rings. The number of halogens is 4. The third-order valence-electron chi connectivity index (χ3n) is 8.11. The zero-order valence-electron chi connectivity index (χ0n) is 24.2. The van der Waals surface area contributed by atoms with E-state index in [9.17, 15) is 22.8 Å². The molecule has 0 bridgehead atoms. The summed E-state index contributed by atoms with van der Waals surface area (Å²) >= 11 is 0. The van der Waals surface area contributed by atoms with Crippen LogP contribution in [0, 0.1) is 17.1 Å². The van der Waals surface area contributed by atoms with Crippen LogP contribution in [0.2, 0.25) is 0 Å². The summed E-state index contributed by atoms with van der Waals surface area (Å²) in [6.07, 6.45) is 0.820. The van der Waals surface area contributed by atoms with E-state index in [-0.39, 0.29) is 23.3 Å². The standard InChI is InChI=1S/C30H30F4N8O2/c1-17-15-42(16-18(2)40(17)3)26-10-24(31)21(20-4-6-41(7-5-20)29-37-12-19(11-35)13-38-29)8-25(26)39-28(44)22-14-36-27(43)9-23(22)30(32,33)34/h4,8-10,12-14,17-18H,5-7,15-16H2,1-3H3,(H,36,43)(H,39,44). The van der Waals surface area contributed by atoms with Gasteiger partial charge in [-0.05, 0) is 45.0 Å². The smallest absolute Gasteiger partial charge is 0.367 e. The highest BCUT2D eigenvalue weighted by Crippen LogP contribution is 2.37. The Hall–Kier alpha value is -4.77. The summed E-state index contributed by atoms with van der Waals surface area (Å²) in [5, 5.41) is 11.6. The summed E-state index contributed by atoms with van der Waals surface area (Å²) in [6.45, 7) is 5.81. The van der Waals surface area contributed by atoms with Gasteiger partial charge >= 0.3 is 6.18 Å². The molecule has 0 aliphatic carbocycles. The first kappa shape index (κ1) is 30.7. The maximum Gasteiger partial charge on any atom is 0.417 e. The quantitative estimate of drug-likeness (QED) is 0.411. The van der Waals surface area contributed by atoms with E-state index in [0.29, 0.717) is 61.4 Å². The number of hydrogen-bond donors (Lipinski definition) is 2. The van der Waals surface area contributed by atoms with Crippen molar-refractivity contribution >= 4 is 28.8 Å². The van der Waals surface area contributed by atoms with Gasteiger partial charge in [0.05, 0.1) is 40.5 Å². The summed E-state index contributed by atoms with van der Waals surface area (Å²) in [5.41, 5.74) is -1.46. The largest absolute Gasteiger partial charge is 0.417 e. The maximum absolute atomic E-state index is 15.8. The number of benzene rings is 1. The Balaban J connectivity index is 1.51. The molecule has 1 aromatic carbocycles. The van der Waals surface area contributed by atoms with Gasteiger partial charge in [0.25, 0.3) is 5.91 Å². The molecule has 1 fully saturated rings. The Labute approximate surface area is 250 Å². The molecule has 3 aromatic rings. The highest BCUT2D eigenvalue weighted by molar-refractivity contribution is 6.07. The van der Waals surface area contributed by atoms with Crippen LogP contribution in [0.25, 0.3) is 5.57 Å². The first-order chi connectivity index (χ1) is 20.8. The lowest BCUT2D eigenvalue weighted by Crippen LogP contribution is -2.55. The van der Waals surface area contributed by atoms with Crippen molar-refractivity contribution in [3.8, 4) is 6.07 Å². The van der Waals surface area contributed by atoms with Gasteiger partial charge in [0, 0.05) is 56.1 Å². The Morgan fingerprint density at radius 3 is 2.39 bits per heavy atom. The number of anilines is 3. The summed E-state index contributed by atoms with van der Waals surface area (Å²) in [6, 6.07) is 5.23. The van der Waals surface area contributed by atoms with Crippen molar-refractivity contribution in [2.24, 2.45) is 0 Å². The summed E-state index contributed by atoms with van der Waals surface area (Å²) in [7, 11) is 1.98. The molecule has 2 aliphatic heterocycles. The number of hydrogen-bond acceptors (Lipinski definition) is 8. The van der Waals surface area contributed by atoms with Crippen LogP contribution in [-0.4, -0.2) is 71.1 Å². The van der Waals surface area contributed by atoms with Gasteiger partial charge in [0.1, 0.15) is 11.9 Å². The number of piperazine rings is 1. The number of likely N-dealkylation sites (N-methyl/N-ethyl adjacent to an activating group) is 1. The van der Waals surface area contributed by atoms with E-state index in [1.54, 1.807) is 6.08 Å². The number of aromatic nitrogens is 3. The van der Waals surface area contributed by atoms with Crippen LogP contribution >= 0.6 is 0 Å². The molecule has 0 radical (unpaired) electrons. The predicted octanol–water partition coefficient (Wildman–Crippen LogP) is 4.27. The highest BCUT2D eigenvalue weighted by atomic mass is 19.4. The monoisotopic (exact) mass is 610 g/mol. The van der Waals surface area contributed by atoms with E-state index in [2.05, 4.69) is 25.2 Å². The minimum Gasteiger partial charge on any atom is -0.367 e. The lowest BCUT2D eigenvalue weighted by atomic mass is 9.97. The number of nitrogens with zero attached hydrogens (tertiary/aromatic N) is 6. The van der Waals surface area contributed by atoms with Crippen LogP contribution in [0.5, 0.6) is 0 Å². The van der Waals surface area contributed by atoms with E-state index in [1.807, 2.05) is 36.8 Å². The van der Waals surface area contributed by atoms with E-state index >= 15 is 4.39 Å². The van der Waals surface area contributed by atoms with E-state index in [1.165, 1.54) is 24.5 Å². The summed E-state index contributed by atoms with van der Waals surface area (Å²) in [4.78, 5) is 41.5. The Kier molecular flexibility index (Phi) is 8.42. The zero-order chi connectivity index (χ0) is 31.8. The minimum absolute atomic E-state index is 0.0811. The number of H-pyrrole nitrogens is 1. The van der Waals surface area contributed by atoms with Gasteiger partial charge in [-0.15, -0.1) is 0 Å². The molecule has 1 saturated heterocycles. The van der Waals surface area contributed by atoms with Crippen LogP contribution < -0.4 is 20.7 Å². The summed E-state index contributed by atoms with van der Waals surface area (Å²) < 4.78 is 57.0. The molecule has 14 heteroatoms. The number of carbonyl (C=O) groups excluding carboxylic acids is 1. The number of rotatable bonds is 5. The normalized spacial score (nSPS) is 19.4. The Morgan fingerprint density at radius 1 is 1.11 bits per heavy atom. The van der Waals surface area contributed by atoms with Crippen molar-refractivity contribution in [2.75, 3.05) is 48.3 Å². The third-order valence-corrected chi connectivity index (χ3v) is 8.11. The molecule has 5 rings (SSSR count). The third kappa shape index (κ3) is 6.28. The number of aromatic amines is 1. The van der Waals surface area contributed by atoms with Crippen molar-refractivity contribution in [3.63, 3.8) is 0 Å². The SMILES string of the molecule is CC1CN(c2cc(F)c(C3=CCN(c4ncc(C#N)cn4)CC3)cc2NC(=O)c2c[nH]c(=O)cc2C(F)(F)F)CC(C)N1C. The van der Waals surface area contributed by atoms with Crippen molar-refractivity contribution in [1.82, 2.24) is 19.9 Å². The van der Waals surface area contributed by atoms with Crippen LogP contribution in [0.3, 0.4) is 0 Å². The molecule has 230 valence electrons. The van der Waals surface area contributed by atoms with Gasteiger partial charge in [-0.3, -0.25) is 14.5 Å². The van der Waals surface area contributed by atoms with Crippen molar-refractivity contribution < 1.29 is 22.4 Å². The molecule has 0 spiro atoms. The van der Waals surface area contributed by atoms with Crippen molar-refractivity contribution in [2.45, 2.75) is 38.5 Å². The predicted molar refractivity (Wildman–Crippen MR) is 157 cm³/mol. The Bertz CT molecular complexity index is 1690. The van der Waals surface area contributed by atoms with E-state index < -0.39 is 34.6 Å². The van der Waals surface area contributed by atoms with Crippen LogP contribution in [-0.2, 0) is 6.18 Å². The van der Waals surface area contributed by atoms with Crippen LogP contribution in [0.15, 0.2) is 47.7 Å². The molecule has 0 saturated carbocycles. The minimum atomic E-state index is -4.95. The zero-order valence-corrected chi connectivity index (χ0v) is 24.2. The molecular formula is C30H30F4N8O2. The fraction of sp³-hybridized carbons (Fsp3) is 0.367. The second-order valence-electron chi connectivity index (χ2n) is 11.0. The van der Waals surface area contributed by atoms with Crippen LogP contribution in [0.1, 0.15) is 47.3 Å². The molecule has 2 aromatic heterocycles. The van der Waals surface area contributed by atoms with E-state index in [0.717, 1.165) is 6.20 Å². The number of alkyl halides is 3.